The highest BCUT2D eigenvalue weighted by Crippen LogP contribution is 2.35. The number of aromatic nitrogens is 2. The first kappa shape index (κ1) is 12.6. The van der Waals surface area contributed by atoms with Crippen molar-refractivity contribution in [3.63, 3.8) is 0 Å². The minimum absolute atomic E-state index is 0.118. The Bertz CT molecular complexity index is 485. The summed E-state index contributed by atoms with van der Waals surface area (Å²) in [7, 11) is 0. The first-order chi connectivity index (χ1) is 8.95. The third-order valence-electron chi connectivity index (χ3n) is 3.86. The van der Waals surface area contributed by atoms with Gasteiger partial charge in [-0.3, -0.25) is 4.79 Å². The average molecular weight is 263 g/mol. The Morgan fingerprint density at radius 2 is 2.00 bits per heavy atom. The quantitative estimate of drug-likeness (QED) is 0.819. The summed E-state index contributed by atoms with van der Waals surface area (Å²) in [6.45, 7) is 7.74. The smallest absolute Gasteiger partial charge is 0.225 e. The minimum atomic E-state index is -0.118. The fourth-order valence-electron chi connectivity index (χ4n) is 2.45. The van der Waals surface area contributed by atoms with E-state index in [0.29, 0.717) is 23.6 Å². The molecule has 2 aliphatic rings. The zero-order valence-corrected chi connectivity index (χ0v) is 11.8. The molecule has 1 atom stereocenters. The lowest BCUT2D eigenvalue weighted by Gasteiger charge is -2.15. The van der Waals surface area contributed by atoms with Crippen LogP contribution in [0, 0.1) is 5.92 Å². The van der Waals surface area contributed by atoms with Crippen molar-refractivity contribution < 1.29 is 9.21 Å². The Balaban J connectivity index is 1.67. The summed E-state index contributed by atoms with van der Waals surface area (Å²) in [5.74, 6) is 2.20. The van der Waals surface area contributed by atoms with Gasteiger partial charge in [0.1, 0.15) is 0 Å². The fourth-order valence-corrected chi connectivity index (χ4v) is 2.45. The highest BCUT2D eigenvalue weighted by molar-refractivity contribution is 5.81. The molecule has 104 valence electrons. The average Bonchev–Trinajstić information content (AvgIpc) is 2.89. The molecule has 1 aromatic rings. The third-order valence-corrected chi connectivity index (χ3v) is 3.86. The van der Waals surface area contributed by atoms with Gasteiger partial charge in [0, 0.05) is 24.4 Å². The Labute approximate surface area is 113 Å². The lowest BCUT2D eigenvalue weighted by Crippen LogP contribution is -2.29. The number of carbonyl (C=O) groups excluding carboxylic acids is 1. The number of amides is 1. The predicted molar refractivity (Wildman–Crippen MR) is 69.7 cm³/mol. The van der Waals surface area contributed by atoms with Crippen molar-refractivity contribution in [3.8, 4) is 0 Å². The molecule has 0 N–H and O–H groups in total. The van der Waals surface area contributed by atoms with Crippen LogP contribution in [0.15, 0.2) is 4.42 Å². The van der Waals surface area contributed by atoms with E-state index in [1.807, 2.05) is 4.90 Å². The maximum absolute atomic E-state index is 12.0. The molecule has 1 aliphatic heterocycles. The molecule has 0 radical (unpaired) electrons. The van der Waals surface area contributed by atoms with Crippen LogP contribution in [0.4, 0.5) is 0 Å². The van der Waals surface area contributed by atoms with Crippen molar-refractivity contribution in [3.05, 3.63) is 11.8 Å². The number of hydrogen-bond acceptors (Lipinski definition) is 4. The topological polar surface area (TPSA) is 59.2 Å². The first-order valence-electron chi connectivity index (χ1n) is 7.08. The van der Waals surface area contributed by atoms with Crippen LogP contribution in [0.1, 0.15) is 57.7 Å². The van der Waals surface area contributed by atoms with E-state index in [1.165, 1.54) is 0 Å². The molecule has 1 aromatic heterocycles. The van der Waals surface area contributed by atoms with Crippen LogP contribution in [0.25, 0.3) is 0 Å². The van der Waals surface area contributed by atoms with Crippen LogP contribution in [0.5, 0.6) is 0 Å². The van der Waals surface area contributed by atoms with Gasteiger partial charge in [-0.05, 0) is 19.3 Å². The van der Waals surface area contributed by atoms with E-state index >= 15 is 0 Å². The van der Waals surface area contributed by atoms with Crippen LogP contribution in [0.2, 0.25) is 0 Å². The molecule has 5 nitrogen and oxygen atoms in total. The highest BCUT2D eigenvalue weighted by atomic mass is 16.4. The van der Waals surface area contributed by atoms with Gasteiger partial charge in [0.25, 0.3) is 0 Å². The van der Waals surface area contributed by atoms with Crippen molar-refractivity contribution in [2.75, 3.05) is 13.1 Å². The van der Waals surface area contributed by atoms with E-state index < -0.39 is 0 Å². The van der Waals surface area contributed by atoms with E-state index in [9.17, 15) is 4.79 Å². The monoisotopic (exact) mass is 263 g/mol. The van der Waals surface area contributed by atoms with Gasteiger partial charge >= 0.3 is 0 Å². The molecule has 1 unspecified atom stereocenters. The molecule has 0 bridgehead atoms. The van der Waals surface area contributed by atoms with Crippen LogP contribution in [-0.4, -0.2) is 34.1 Å². The van der Waals surface area contributed by atoms with E-state index in [0.717, 1.165) is 32.4 Å². The maximum atomic E-state index is 12.0. The van der Waals surface area contributed by atoms with Gasteiger partial charge in [0.05, 0.1) is 5.92 Å². The Morgan fingerprint density at radius 1 is 1.26 bits per heavy atom. The summed E-state index contributed by atoms with van der Waals surface area (Å²) in [6.07, 6.45) is 3.06. The molecular formula is C14H21N3O2. The summed E-state index contributed by atoms with van der Waals surface area (Å²) >= 11 is 0. The standard InChI is InChI=1S/C14H21N3O2/c1-14(2,3)13-16-15-11(19-13)10-6-7-17(8-10)12(18)9-4-5-9/h9-10H,4-8H2,1-3H3. The molecule has 19 heavy (non-hydrogen) atoms. The lowest BCUT2D eigenvalue weighted by atomic mass is 9.97. The molecule has 0 spiro atoms. The van der Waals surface area contributed by atoms with Gasteiger partial charge in [-0.25, -0.2) is 0 Å². The van der Waals surface area contributed by atoms with Gasteiger partial charge in [0.15, 0.2) is 0 Å². The summed E-state index contributed by atoms with van der Waals surface area (Å²) < 4.78 is 5.78. The van der Waals surface area contributed by atoms with Crippen LogP contribution >= 0.6 is 0 Å². The zero-order chi connectivity index (χ0) is 13.6. The Kier molecular flexibility index (Phi) is 2.87. The van der Waals surface area contributed by atoms with Gasteiger partial charge in [-0.15, -0.1) is 10.2 Å². The van der Waals surface area contributed by atoms with Gasteiger partial charge < -0.3 is 9.32 Å². The van der Waals surface area contributed by atoms with Crippen molar-refractivity contribution in [2.24, 2.45) is 5.92 Å². The van der Waals surface area contributed by atoms with E-state index in [4.69, 9.17) is 4.42 Å². The largest absolute Gasteiger partial charge is 0.424 e. The Hall–Kier alpha value is -1.39. The molecule has 5 heteroatoms. The van der Waals surface area contributed by atoms with Crippen LogP contribution in [-0.2, 0) is 10.2 Å². The van der Waals surface area contributed by atoms with E-state index in [-0.39, 0.29) is 11.3 Å². The molecule has 3 rings (SSSR count). The second-order valence-electron chi connectivity index (χ2n) is 6.74. The number of likely N-dealkylation sites (tertiary alicyclic amines) is 1. The van der Waals surface area contributed by atoms with Gasteiger partial charge in [0.2, 0.25) is 17.7 Å². The number of hydrogen-bond donors (Lipinski definition) is 0. The summed E-state index contributed by atoms with van der Waals surface area (Å²) in [5.41, 5.74) is -0.118. The van der Waals surface area contributed by atoms with Gasteiger partial charge in [-0.1, -0.05) is 20.8 Å². The number of carbonyl (C=O) groups is 1. The van der Waals surface area contributed by atoms with Crippen molar-refractivity contribution in [1.29, 1.82) is 0 Å². The highest BCUT2D eigenvalue weighted by Gasteiger charge is 2.38. The van der Waals surface area contributed by atoms with E-state index in [1.54, 1.807) is 0 Å². The van der Waals surface area contributed by atoms with Crippen molar-refractivity contribution >= 4 is 5.91 Å². The van der Waals surface area contributed by atoms with Gasteiger partial charge in [-0.2, -0.15) is 0 Å². The Morgan fingerprint density at radius 3 is 2.58 bits per heavy atom. The molecule has 1 saturated heterocycles. The second-order valence-corrected chi connectivity index (χ2v) is 6.74. The normalized spacial score (nSPS) is 23.9. The molecule has 2 fully saturated rings. The first-order valence-corrected chi connectivity index (χ1v) is 7.08. The van der Waals surface area contributed by atoms with E-state index in [2.05, 4.69) is 31.0 Å². The van der Waals surface area contributed by atoms with Crippen molar-refractivity contribution in [2.45, 2.75) is 51.4 Å². The summed E-state index contributed by atoms with van der Waals surface area (Å²) in [5, 5.41) is 8.29. The number of nitrogens with zero attached hydrogens (tertiary/aromatic N) is 3. The van der Waals surface area contributed by atoms with Crippen LogP contribution < -0.4 is 0 Å². The third kappa shape index (κ3) is 2.51. The van der Waals surface area contributed by atoms with Crippen LogP contribution in [0.3, 0.4) is 0 Å². The molecule has 0 aromatic carbocycles. The minimum Gasteiger partial charge on any atom is -0.424 e. The predicted octanol–water partition coefficient (Wildman–Crippen LogP) is 2.09. The SMILES string of the molecule is CC(C)(C)c1nnc(C2CCN(C(=O)C3CC3)C2)o1. The molecular weight excluding hydrogens is 242 g/mol. The second kappa shape index (κ2) is 4.32. The maximum Gasteiger partial charge on any atom is 0.225 e. The molecule has 1 aliphatic carbocycles. The summed E-state index contributed by atoms with van der Waals surface area (Å²) in [6, 6.07) is 0. The zero-order valence-electron chi connectivity index (χ0n) is 11.8. The number of rotatable bonds is 2. The summed E-state index contributed by atoms with van der Waals surface area (Å²) in [4.78, 5) is 14.0. The fraction of sp³-hybridized carbons (Fsp3) is 0.786. The molecule has 1 saturated carbocycles. The lowest BCUT2D eigenvalue weighted by molar-refractivity contribution is -0.131. The molecule has 2 heterocycles. The van der Waals surface area contributed by atoms with Crippen molar-refractivity contribution in [1.82, 2.24) is 15.1 Å². The molecule has 1 amide bonds.